The second-order valence-electron chi connectivity index (χ2n) is 5.98. The van der Waals surface area contributed by atoms with Gasteiger partial charge in [-0.15, -0.1) is 0 Å². The highest BCUT2D eigenvalue weighted by molar-refractivity contribution is 5.96. The molecule has 1 aliphatic heterocycles. The lowest BCUT2D eigenvalue weighted by atomic mass is 9.71. The Morgan fingerprint density at radius 1 is 1.30 bits per heavy atom. The quantitative estimate of drug-likeness (QED) is 0.782. The normalized spacial score (nSPS) is 23.9. The van der Waals surface area contributed by atoms with Gasteiger partial charge >= 0.3 is 0 Å². The van der Waals surface area contributed by atoms with E-state index in [2.05, 4.69) is 20.6 Å². The highest BCUT2D eigenvalue weighted by atomic mass is 16.2. The van der Waals surface area contributed by atoms with Gasteiger partial charge in [0.15, 0.2) is 0 Å². The van der Waals surface area contributed by atoms with Crippen LogP contribution in [0.5, 0.6) is 0 Å². The van der Waals surface area contributed by atoms with Crippen LogP contribution in [0.3, 0.4) is 0 Å². The minimum atomic E-state index is -0.0572. The van der Waals surface area contributed by atoms with Gasteiger partial charge in [0, 0.05) is 12.0 Å². The molecule has 1 atom stereocenters. The molecule has 0 radical (unpaired) electrons. The maximum Gasteiger partial charge on any atom is 0.244 e. The van der Waals surface area contributed by atoms with Gasteiger partial charge in [-0.3, -0.25) is 10.1 Å². The average Bonchev–Trinajstić information content (AvgIpc) is 3.04. The molecule has 2 aliphatic rings. The van der Waals surface area contributed by atoms with Crippen molar-refractivity contribution in [3.8, 4) is 0 Å². The summed E-state index contributed by atoms with van der Waals surface area (Å²) in [4.78, 5) is 19.9. The van der Waals surface area contributed by atoms with E-state index in [-0.39, 0.29) is 17.4 Å². The summed E-state index contributed by atoms with van der Waals surface area (Å²) in [5.41, 5.74) is 2.02. The highest BCUT2D eigenvalue weighted by Crippen LogP contribution is 2.45. The van der Waals surface area contributed by atoms with Crippen molar-refractivity contribution < 1.29 is 4.79 Å². The maximum atomic E-state index is 12.4. The van der Waals surface area contributed by atoms with Gasteiger partial charge in [-0.2, -0.15) is 0 Å². The van der Waals surface area contributed by atoms with E-state index in [0.29, 0.717) is 5.95 Å². The molecule has 1 saturated carbocycles. The van der Waals surface area contributed by atoms with Crippen LogP contribution in [0.25, 0.3) is 11.0 Å². The van der Waals surface area contributed by atoms with E-state index < -0.39 is 0 Å². The topological polar surface area (TPSA) is 69.8 Å². The Kier molecular flexibility index (Phi) is 2.57. The number of amides is 1. The molecule has 1 saturated heterocycles. The standard InChI is InChI=1S/C15H18N4O/c20-13(12-15(9-16-12)7-3-4-8-15)19-14-17-10-5-1-2-6-11(10)18-14/h1-2,5-6,12,16H,3-4,7-9H2,(H2,17,18,19,20). The number of rotatable bonds is 2. The summed E-state index contributed by atoms with van der Waals surface area (Å²) in [5, 5.41) is 6.19. The number of aromatic nitrogens is 2. The third-order valence-electron chi connectivity index (χ3n) is 4.76. The van der Waals surface area contributed by atoms with Gasteiger partial charge in [-0.05, 0) is 25.0 Å². The Hall–Kier alpha value is -1.88. The van der Waals surface area contributed by atoms with E-state index in [1.165, 1.54) is 12.8 Å². The molecule has 5 heteroatoms. The largest absolute Gasteiger partial charge is 0.324 e. The Morgan fingerprint density at radius 2 is 2.10 bits per heavy atom. The van der Waals surface area contributed by atoms with Crippen LogP contribution in [0.2, 0.25) is 0 Å². The van der Waals surface area contributed by atoms with Crippen LogP contribution >= 0.6 is 0 Å². The molecule has 1 aromatic carbocycles. The van der Waals surface area contributed by atoms with Crippen LogP contribution in [-0.2, 0) is 4.79 Å². The monoisotopic (exact) mass is 270 g/mol. The number of anilines is 1. The van der Waals surface area contributed by atoms with Gasteiger partial charge in [0.1, 0.15) is 0 Å². The van der Waals surface area contributed by atoms with Crippen LogP contribution in [0.4, 0.5) is 5.95 Å². The summed E-state index contributed by atoms with van der Waals surface area (Å²) >= 11 is 0. The van der Waals surface area contributed by atoms with Crippen LogP contribution in [0.1, 0.15) is 25.7 Å². The molecule has 4 rings (SSSR count). The number of carbonyl (C=O) groups is 1. The first kappa shape index (κ1) is 11.9. The van der Waals surface area contributed by atoms with Gasteiger partial charge < -0.3 is 10.3 Å². The number of fused-ring (bicyclic) bond motifs is 1. The fourth-order valence-electron chi connectivity index (χ4n) is 3.61. The summed E-state index contributed by atoms with van der Waals surface area (Å²) in [6, 6.07) is 7.72. The minimum absolute atomic E-state index is 0.0391. The fraction of sp³-hybridized carbons (Fsp3) is 0.467. The van der Waals surface area contributed by atoms with Crippen LogP contribution in [0.15, 0.2) is 24.3 Å². The van der Waals surface area contributed by atoms with Crippen molar-refractivity contribution in [1.82, 2.24) is 15.3 Å². The second-order valence-corrected chi connectivity index (χ2v) is 5.98. The first-order valence-corrected chi connectivity index (χ1v) is 7.26. The van der Waals surface area contributed by atoms with Crippen molar-refractivity contribution >= 4 is 22.9 Å². The molecular formula is C15H18N4O. The lowest BCUT2D eigenvalue weighted by Gasteiger charge is -2.47. The lowest BCUT2D eigenvalue weighted by Crippen LogP contribution is -2.66. The van der Waals surface area contributed by atoms with Gasteiger partial charge in [0.2, 0.25) is 11.9 Å². The number of para-hydroxylation sites is 2. The van der Waals surface area contributed by atoms with Crippen LogP contribution in [-0.4, -0.2) is 28.5 Å². The molecule has 1 amide bonds. The maximum absolute atomic E-state index is 12.4. The minimum Gasteiger partial charge on any atom is -0.324 e. The highest BCUT2D eigenvalue weighted by Gasteiger charge is 2.51. The summed E-state index contributed by atoms with van der Waals surface area (Å²) in [6.45, 7) is 0.977. The van der Waals surface area contributed by atoms with E-state index in [9.17, 15) is 4.79 Å². The van der Waals surface area contributed by atoms with Gasteiger partial charge in [0.05, 0.1) is 17.1 Å². The summed E-state index contributed by atoms with van der Waals surface area (Å²) in [7, 11) is 0. The van der Waals surface area contributed by atoms with Gasteiger partial charge in [-0.25, -0.2) is 4.98 Å². The Bertz CT molecular complexity index is 624. The first-order valence-electron chi connectivity index (χ1n) is 7.26. The molecule has 1 unspecified atom stereocenters. The average molecular weight is 270 g/mol. The molecular weight excluding hydrogens is 252 g/mol. The molecule has 1 spiro atoms. The zero-order chi connectivity index (χ0) is 13.6. The van der Waals surface area contributed by atoms with E-state index in [1.54, 1.807) is 0 Å². The molecule has 5 nitrogen and oxygen atoms in total. The summed E-state index contributed by atoms with van der Waals surface area (Å²) < 4.78 is 0. The molecule has 3 N–H and O–H groups in total. The number of nitrogens with one attached hydrogen (secondary N) is 3. The molecule has 1 aliphatic carbocycles. The second kappa shape index (κ2) is 4.31. The van der Waals surface area contributed by atoms with Crippen molar-refractivity contribution in [2.24, 2.45) is 5.41 Å². The number of aromatic amines is 1. The Balaban J connectivity index is 1.52. The third kappa shape index (κ3) is 1.73. The number of H-pyrrole nitrogens is 1. The Morgan fingerprint density at radius 3 is 2.80 bits per heavy atom. The van der Waals surface area contributed by atoms with E-state index in [4.69, 9.17) is 0 Å². The van der Waals surface area contributed by atoms with Gasteiger partial charge in [0.25, 0.3) is 0 Å². The molecule has 20 heavy (non-hydrogen) atoms. The van der Waals surface area contributed by atoms with Crippen molar-refractivity contribution in [2.45, 2.75) is 31.7 Å². The van der Waals surface area contributed by atoms with Crippen molar-refractivity contribution in [3.63, 3.8) is 0 Å². The summed E-state index contributed by atoms with van der Waals surface area (Å²) in [5.74, 6) is 0.579. The van der Waals surface area contributed by atoms with Crippen LogP contribution in [0, 0.1) is 5.41 Å². The van der Waals surface area contributed by atoms with Crippen molar-refractivity contribution in [2.75, 3.05) is 11.9 Å². The van der Waals surface area contributed by atoms with Gasteiger partial charge in [-0.1, -0.05) is 25.0 Å². The molecule has 2 heterocycles. The number of hydrogen-bond donors (Lipinski definition) is 3. The van der Waals surface area contributed by atoms with Crippen LogP contribution < -0.4 is 10.6 Å². The van der Waals surface area contributed by atoms with E-state index in [0.717, 1.165) is 30.4 Å². The predicted molar refractivity (Wildman–Crippen MR) is 77.4 cm³/mol. The smallest absolute Gasteiger partial charge is 0.244 e. The number of carbonyl (C=O) groups excluding carboxylic acids is 1. The Labute approximate surface area is 117 Å². The first-order chi connectivity index (χ1) is 9.77. The molecule has 2 aromatic rings. The zero-order valence-electron chi connectivity index (χ0n) is 11.3. The third-order valence-corrected chi connectivity index (χ3v) is 4.76. The number of nitrogens with zero attached hydrogens (tertiary/aromatic N) is 1. The molecule has 0 bridgehead atoms. The number of imidazole rings is 1. The van der Waals surface area contributed by atoms with Crippen molar-refractivity contribution in [1.29, 1.82) is 0 Å². The molecule has 104 valence electrons. The fourth-order valence-corrected chi connectivity index (χ4v) is 3.61. The number of benzene rings is 1. The molecule has 1 aromatic heterocycles. The lowest BCUT2D eigenvalue weighted by molar-refractivity contribution is -0.125. The van der Waals surface area contributed by atoms with Crippen molar-refractivity contribution in [3.05, 3.63) is 24.3 Å². The van der Waals surface area contributed by atoms with E-state index in [1.807, 2.05) is 24.3 Å². The summed E-state index contributed by atoms with van der Waals surface area (Å²) in [6.07, 6.45) is 4.82. The predicted octanol–water partition coefficient (Wildman–Crippen LogP) is 2.03. The zero-order valence-corrected chi connectivity index (χ0v) is 11.3. The molecule has 2 fully saturated rings. The SMILES string of the molecule is O=C(Nc1nc2ccccc2[nH]1)C1NCC12CCCC2. The van der Waals surface area contributed by atoms with E-state index >= 15 is 0 Å². The number of hydrogen-bond acceptors (Lipinski definition) is 3.